The standard InChI is InChI=1S/C6H6F8O/c7-1-3(9)5(10,11)4(15-2-8)6(12,13)14/h3-4H,1-2H2. The highest BCUT2D eigenvalue weighted by Crippen LogP contribution is 2.38. The first-order valence-corrected chi connectivity index (χ1v) is 3.50. The number of halogens is 8. The average molecular weight is 246 g/mol. The van der Waals surface area contributed by atoms with E-state index in [-0.39, 0.29) is 0 Å². The summed E-state index contributed by atoms with van der Waals surface area (Å²) >= 11 is 0. The molecular formula is C6H6F8O. The van der Waals surface area contributed by atoms with Crippen LogP contribution in [-0.4, -0.2) is 37.9 Å². The molecule has 0 aromatic heterocycles. The van der Waals surface area contributed by atoms with Gasteiger partial charge in [-0.3, -0.25) is 0 Å². The fourth-order valence-electron chi connectivity index (χ4n) is 0.754. The van der Waals surface area contributed by atoms with Gasteiger partial charge in [-0.15, -0.1) is 0 Å². The molecule has 0 aromatic carbocycles. The number of ether oxygens (including phenoxy) is 1. The van der Waals surface area contributed by atoms with E-state index in [4.69, 9.17) is 0 Å². The van der Waals surface area contributed by atoms with Gasteiger partial charge in [-0.2, -0.15) is 22.0 Å². The molecule has 0 aliphatic carbocycles. The highest BCUT2D eigenvalue weighted by Gasteiger charge is 2.61. The minimum atomic E-state index is -5.69. The molecule has 0 aliphatic rings. The van der Waals surface area contributed by atoms with E-state index in [2.05, 4.69) is 4.74 Å². The highest BCUT2D eigenvalue weighted by atomic mass is 19.4. The molecular weight excluding hydrogens is 240 g/mol. The first kappa shape index (κ1) is 14.4. The van der Waals surface area contributed by atoms with Crippen LogP contribution in [0, 0.1) is 0 Å². The van der Waals surface area contributed by atoms with E-state index in [1.165, 1.54) is 0 Å². The van der Waals surface area contributed by atoms with Gasteiger partial charge in [0.05, 0.1) is 0 Å². The molecule has 0 saturated heterocycles. The van der Waals surface area contributed by atoms with Crippen molar-refractivity contribution in [2.45, 2.75) is 24.4 Å². The lowest BCUT2D eigenvalue weighted by Crippen LogP contribution is -2.52. The summed E-state index contributed by atoms with van der Waals surface area (Å²) in [5, 5.41) is 0. The lowest BCUT2D eigenvalue weighted by Gasteiger charge is -2.28. The molecule has 0 spiro atoms. The third-order valence-corrected chi connectivity index (χ3v) is 1.43. The monoisotopic (exact) mass is 246 g/mol. The molecule has 92 valence electrons. The largest absolute Gasteiger partial charge is 0.420 e. The van der Waals surface area contributed by atoms with Crippen LogP contribution in [0.3, 0.4) is 0 Å². The predicted molar refractivity (Wildman–Crippen MR) is 32.7 cm³/mol. The van der Waals surface area contributed by atoms with Gasteiger partial charge in [0.25, 0.3) is 0 Å². The van der Waals surface area contributed by atoms with Crippen LogP contribution in [0.2, 0.25) is 0 Å². The van der Waals surface area contributed by atoms with Crippen LogP contribution in [0.15, 0.2) is 0 Å². The van der Waals surface area contributed by atoms with Crippen molar-refractivity contribution in [3.05, 3.63) is 0 Å². The van der Waals surface area contributed by atoms with Gasteiger partial charge in [0, 0.05) is 0 Å². The van der Waals surface area contributed by atoms with E-state index < -0.39 is 37.9 Å². The van der Waals surface area contributed by atoms with Crippen LogP contribution in [0.5, 0.6) is 0 Å². The van der Waals surface area contributed by atoms with Gasteiger partial charge in [0.1, 0.15) is 6.67 Å². The van der Waals surface area contributed by atoms with Crippen molar-refractivity contribution in [3.8, 4) is 0 Å². The number of alkyl halides is 8. The highest BCUT2D eigenvalue weighted by molar-refractivity contribution is 4.89. The molecule has 0 radical (unpaired) electrons. The minimum Gasteiger partial charge on any atom is -0.331 e. The van der Waals surface area contributed by atoms with E-state index in [0.717, 1.165) is 0 Å². The van der Waals surface area contributed by atoms with Gasteiger partial charge < -0.3 is 4.74 Å². The Bertz CT molecular complexity index is 190. The first-order chi connectivity index (χ1) is 6.67. The summed E-state index contributed by atoms with van der Waals surface area (Å²) in [6.45, 7) is -4.51. The maximum Gasteiger partial charge on any atom is 0.420 e. The third-order valence-electron chi connectivity index (χ3n) is 1.43. The Balaban J connectivity index is 4.89. The van der Waals surface area contributed by atoms with E-state index >= 15 is 0 Å². The number of rotatable bonds is 5. The molecule has 2 atom stereocenters. The van der Waals surface area contributed by atoms with E-state index in [1.54, 1.807) is 0 Å². The third kappa shape index (κ3) is 3.47. The van der Waals surface area contributed by atoms with Crippen molar-refractivity contribution in [3.63, 3.8) is 0 Å². The molecule has 9 heteroatoms. The topological polar surface area (TPSA) is 9.23 Å². The Hall–Kier alpha value is -0.600. The molecule has 1 nitrogen and oxygen atoms in total. The summed E-state index contributed by atoms with van der Waals surface area (Å²) in [4.78, 5) is 0. The van der Waals surface area contributed by atoms with Crippen molar-refractivity contribution < 1.29 is 39.9 Å². The Morgan fingerprint density at radius 3 is 1.73 bits per heavy atom. The quantitative estimate of drug-likeness (QED) is 0.678. The summed E-state index contributed by atoms with van der Waals surface area (Å²) in [7, 11) is 0. The molecule has 2 unspecified atom stereocenters. The van der Waals surface area contributed by atoms with Gasteiger partial charge in [0.2, 0.25) is 6.10 Å². The fraction of sp³-hybridized carbons (Fsp3) is 1.00. The summed E-state index contributed by atoms with van der Waals surface area (Å²) in [6.07, 6.45) is -13.4. The van der Waals surface area contributed by atoms with Crippen molar-refractivity contribution in [1.29, 1.82) is 0 Å². The van der Waals surface area contributed by atoms with Crippen LogP contribution in [0.1, 0.15) is 0 Å². The zero-order valence-corrected chi connectivity index (χ0v) is 7.00. The first-order valence-electron chi connectivity index (χ1n) is 3.50. The molecule has 0 bridgehead atoms. The smallest absolute Gasteiger partial charge is 0.331 e. The van der Waals surface area contributed by atoms with Gasteiger partial charge in [-0.1, -0.05) is 0 Å². The van der Waals surface area contributed by atoms with Crippen molar-refractivity contribution in [2.75, 3.05) is 13.5 Å². The van der Waals surface area contributed by atoms with Crippen LogP contribution >= 0.6 is 0 Å². The molecule has 0 fully saturated rings. The van der Waals surface area contributed by atoms with E-state index in [0.29, 0.717) is 0 Å². The predicted octanol–water partition coefficient (Wildman–Crippen LogP) is 2.80. The number of hydrogen-bond acceptors (Lipinski definition) is 1. The second-order valence-corrected chi connectivity index (χ2v) is 2.49. The fourth-order valence-corrected chi connectivity index (χ4v) is 0.754. The SMILES string of the molecule is FCOC(C(F)(F)F)C(F)(F)C(F)CF. The zero-order valence-electron chi connectivity index (χ0n) is 7.00. The Kier molecular flexibility index (Phi) is 4.75. The van der Waals surface area contributed by atoms with E-state index in [9.17, 15) is 35.1 Å². The average Bonchev–Trinajstić information content (AvgIpc) is 2.10. The summed E-state index contributed by atoms with van der Waals surface area (Å²) in [6, 6.07) is 0. The molecule has 0 aliphatic heterocycles. The van der Waals surface area contributed by atoms with Crippen molar-refractivity contribution >= 4 is 0 Å². The zero-order chi connectivity index (χ0) is 12.3. The molecule has 0 heterocycles. The molecule has 0 aromatic rings. The summed E-state index contributed by atoms with van der Waals surface area (Å²) < 4.78 is 98.7. The number of hydrogen-bond donors (Lipinski definition) is 0. The van der Waals surface area contributed by atoms with Gasteiger partial charge in [0.15, 0.2) is 13.0 Å². The molecule has 0 N–H and O–H groups in total. The van der Waals surface area contributed by atoms with Gasteiger partial charge in [-0.05, 0) is 0 Å². The second-order valence-electron chi connectivity index (χ2n) is 2.49. The van der Waals surface area contributed by atoms with Crippen LogP contribution in [0.25, 0.3) is 0 Å². The lowest BCUT2D eigenvalue weighted by atomic mass is 10.1. The molecule has 0 rings (SSSR count). The summed E-state index contributed by atoms with van der Waals surface area (Å²) in [5.74, 6) is -5.17. The Labute approximate surface area is 79.0 Å². The normalized spacial score (nSPS) is 17.6. The maximum absolute atomic E-state index is 12.5. The second kappa shape index (κ2) is 4.95. The van der Waals surface area contributed by atoms with Crippen molar-refractivity contribution in [2.24, 2.45) is 0 Å². The Morgan fingerprint density at radius 2 is 1.47 bits per heavy atom. The molecule has 15 heavy (non-hydrogen) atoms. The molecule has 0 amide bonds. The Morgan fingerprint density at radius 1 is 1.00 bits per heavy atom. The maximum atomic E-state index is 12.5. The summed E-state index contributed by atoms with van der Waals surface area (Å²) in [5.41, 5.74) is 0. The van der Waals surface area contributed by atoms with Gasteiger partial charge in [-0.25, -0.2) is 13.2 Å². The van der Waals surface area contributed by atoms with Gasteiger partial charge >= 0.3 is 12.1 Å². The van der Waals surface area contributed by atoms with Crippen LogP contribution in [0.4, 0.5) is 35.1 Å². The lowest BCUT2D eigenvalue weighted by molar-refractivity contribution is -0.305. The van der Waals surface area contributed by atoms with Crippen LogP contribution < -0.4 is 0 Å². The van der Waals surface area contributed by atoms with Crippen LogP contribution in [-0.2, 0) is 4.74 Å². The van der Waals surface area contributed by atoms with E-state index in [1.807, 2.05) is 0 Å². The minimum absolute atomic E-state index is 2.18. The van der Waals surface area contributed by atoms with Crippen molar-refractivity contribution in [1.82, 2.24) is 0 Å². The molecule has 0 saturated carbocycles.